The minimum atomic E-state index is 0.651. The van der Waals surface area contributed by atoms with Crippen LogP contribution in [0.1, 0.15) is 0 Å². The molecule has 0 atom stereocenters. The van der Waals surface area contributed by atoms with Crippen LogP contribution >= 0.6 is 0 Å². The number of ether oxygens (including phenoxy) is 2. The summed E-state index contributed by atoms with van der Waals surface area (Å²) in [4.78, 5) is 10.3. The third kappa shape index (κ3) is 3.49. The first-order valence-corrected chi connectivity index (χ1v) is 11.4. The molecule has 4 aromatic carbocycles. The van der Waals surface area contributed by atoms with Crippen LogP contribution in [0.4, 0.5) is 0 Å². The van der Waals surface area contributed by atoms with Gasteiger partial charge in [-0.15, -0.1) is 0 Å². The Morgan fingerprint density at radius 2 is 1.26 bits per heavy atom. The molecule has 0 aliphatic heterocycles. The summed E-state index contributed by atoms with van der Waals surface area (Å²) in [5, 5.41) is 0.996. The van der Waals surface area contributed by atoms with Crippen LogP contribution in [0, 0.1) is 0 Å². The van der Waals surface area contributed by atoms with Gasteiger partial charge in [0, 0.05) is 22.1 Å². The van der Waals surface area contributed by atoms with Gasteiger partial charge in [0.05, 0.1) is 31.1 Å². The zero-order chi connectivity index (χ0) is 23.8. The molecular formula is C30H23N3O2. The predicted molar refractivity (Wildman–Crippen MR) is 140 cm³/mol. The van der Waals surface area contributed by atoms with Crippen molar-refractivity contribution in [3.8, 4) is 45.4 Å². The topological polar surface area (TPSA) is 48.7 Å². The van der Waals surface area contributed by atoms with Gasteiger partial charge in [-0.05, 0) is 30.3 Å². The minimum Gasteiger partial charge on any atom is -0.493 e. The van der Waals surface area contributed by atoms with Crippen LogP contribution in [0.3, 0.4) is 0 Å². The normalized spacial score (nSPS) is 11.1. The van der Waals surface area contributed by atoms with Gasteiger partial charge >= 0.3 is 0 Å². The monoisotopic (exact) mass is 457 g/mol. The van der Waals surface area contributed by atoms with Crippen molar-refractivity contribution in [1.82, 2.24) is 14.4 Å². The van der Waals surface area contributed by atoms with E-state index in [1.807, 2.05) is 72.8 Å². The number of benzene rings is 4. The van der Waals surface area contributed by atoms with E-state index in [1.165, 1.54) is 0 Å². The number of hydrogen-bond donors (Lipinski definition) is 0. The maximum Gasteiger partial charge on any atom is 0.161 e. The van der Waals surface area contributed by atoms with E-state index in [2.05, 4.69) is 34.7 Å². The number of hydrogen-bond acceptors (Lipinski definition) is 4. The Kier molecular flexibility index (Phi) is 5.15. The van der Waals surface area contributed by atoms with Crippen molar-refractivity contribution in [2.75, 3.05) is 14.2 Å². The number of fused-ring (bicyclic) bond motifs is 3. The van der Waals surface area contributed by atoms with Crippen molar-refractivity contribution in [1.29, 1.82) is 0 Å². The van der Waals surface area contributed by atoms with Gasteiger partial charge in [-0.2, -0.15) is 0 Å². The van der Waals surface area contributed by atoms with Gasteiger partial charge in [0.25, 0.3) is 0 Å². The summed E-state index contributed by atoms with van der Waals surface area (Å²) in [7, 11) is 3.28. The quantitative estimate of drug-likeness (QED) is 0.282. The molecule has 6 aromatic rings. The largest absolute Gasteiger partial charge is 0.493 e. The maximum atomic E-state index is 5.61. The molecule has 2 heterocycles. The van der Waals surface area contributed by atoms with E-state index in [-0.39, 0.29) is 0 Å². The average molecular weight is 458 g/mol. The molecule has 6 rings (SSSR count). The molecule has 35 heavy (non-hydrogen) atoms. The Morgan fingerprint density at radius 1 is 0.600 bits per heavy atom. The second-order valence-electron chi connectivity index (χ2n) is 8.22. The van der Waals surface area contributed by atoms with E-state index < -0.39 is 0 Å². The van der Waals surface area contributed by atoms with E-state index in [0.29, 0.717) is 11.5 Å². The molecule has 2 aromatic heterocycles. The van der Waals surface area contributed by atoms with Crippen LogP contribution < -0.4 is 9.47 Å². The van der Waals surface area contributed by atoms with Gasteiger partial charge in [0.2, 0.25) is 0 Å². The van der Waals surface area contributed by atoms with Gasteiger partial charge < -0.3 is 9.47 Å². The summed E-state index contributed by atoms with van der Waals surface area (Å²) >= 11 is 0. The summed E-state index contributed by atoms with van der Waals surface area (Å²) in [6.07, 6.45) is 0. The highest BCUT2D eigenvalue weighted by Crippen LogP contribution is 2.39. The Hall–Kier alpha value is -4.64. The fraction of sp³-hybridized carbons (Fsp3) is 0.0667. The molecule has 0 unspecified atom stereocenters. The number of nitrogens with zero attached hydrogens (tertiary/aromatic N) is 3. The first-order chi connectivity index (χ1) is 17.3. The van der Waals surface area contributed by atoms with Crippen LogP contribution in [-0.4, -0.2) is 28.6 Å². The van der Waals surface area contributed by atoms with Gasteiger partial charge in [0.15, 0.2) is 11.5 Å². The number of imidazole rings is 1. The molecule has 0 amide bonds. The summed E-state index contributed by atoms with van der Waals surface area (Å²) in [6, 6.07) is 34.7. The number of methoxy groups -OCH3 is 2. The zero-order valence-electron chi connectivity index (χ0n) is 19.5. The maximum absolute atomic E-state index is 5.61. The third-order valence-electron chi connectivity index (χ3n) is 6.20. The number of rotatable bonds is 5. The van der Waals surface area contributed by atoms with Gasteiger partial charge in [0.1, 0.15) is 11.5 Å². The lowest BCUT2D eigenvalue weighted by molar-refractivity contribution is 0.355. The van der Waals surface area contributed by atoms with E-state index in [4.69, 9.17) is 19.4 Å². The minimum absolute atomic E-state index is 0.651. The molecule has 0 fully saturated rings. The van der Waals surface area contributed by atoms with E-state index in [0.717, 1.165) is 50.5 Å². The van der Waals surface area contributed by atoms with Crippen LogP contribution in [0.5, 0.6) is 11.5 Å². The smallest absolute Gasteiger partial charge is 0.161 e. The van der Waals surface area contributed by atoms with E-state index in [9.17, 15) is 0 Å². The van der Waals surface area contributed by atoms with Crippen molar-refractivity contribution >= 4 is 16.6 Å². The molecule has 5 nitrogen and oxygen atoms in total. The van der Waals surface area contributed by atoms with Crippen LogP contribution in [0.15, 0.2) is 103 Å². The Morgan fingerprint density at radius 3 is 1.97 bits per heavy atom. The Bertz CT molecular complexity index is 1660. The van der Waals surface area contributed by atoms with Crippen molar-refractivity contribution in [2.24, 2.45) is 0 Å². The van der Waals surface area contributed by atoms with Crippen LogP contribution in [0.25, 0.3) is 50.5 Å². The molecule has 0 saturated carbocycles. The van der Waals surface area contributed by atoms with Crippen molar-refractivity contribution < 1.29 is 9.47 Å². The van der Waals surface area contributed by atoms with Gasteiger partial charge in [-0.3, -0.25) is 4.40 Å². The van der Waals surface area contributed by atoms with Crippen molar-refractivity contribution in [3.05, 3.63) is 103 Å². The lowest BCUT2D eigenvalue weighted by Crippen LogP contribution is -2.01. The molecule has 0 N–H and O–H groups in total. The number of aromatic nitrogens is 3. The molecule has 0 saturated heterocycles. The third-order valence-corrected chi connectivity index (χ3v) is 6.20. The molecular weight excluding hydrogens is 434 g/mol. The first kappa shape index (κ1) is 20.9. The molecule has 0 radical (unpaired) electrons. The van der Waals surface area contributed by atoms with Crippen LogP contribution in [0.2, 0.25) is 0 Å². The summed E-state index contributed by atoms with van der Waals surface area (Å²) < 4.78 is 13.3. The highest BCUT2D eigenvalue weighted by molar-refractivity contribution is 5.97. The predicted octanol–water partition coefficient (Wildman–Crippen LogP) is 6.90. The molecule has 5 heteroatoms. The van der Waals surface area contributed by atoms with Crippen molar-refractivity contribution in [3.63, 3.8) is 0 Å². The second-order valence-corrected chi connectivity index (χ2v) is 8.22. The molecule has 0 spiro atoms. The highest BCUT2D eigenvalue weighted by atomic mass is 16.5. The molecule has 170 valence electrons. The summed E-state index contributed by atoms with van der Waals surface area (Å²) in [5.41, 5.74) is 6.68. The lowest BCUT2D eigenvalue weighted by Gasteiger charge is -2.14. The fourth-order valence-electron chi connectivity index (χ4n) is 4.56. The molecule has 0 bridgehead atoms. The summed E-state index contributed by atoms with van der Waals surface area (Å²) in [5.74, 6) is 2.11. The Balaban J connectivity index is 1.78. The first-order valence-electron chi connectivity index (χ1n) is 11.4. The average Bonchev–Trinajstić information content (AvgIpc) is 3.34. The Labute approximate surface area is 203 Å². The second kappa shape index (κ2) is 8.61. The van der Waals surface area contributed by atoms with E-state index in [1.54, 1.807) is 14.2 Å². The van der Waals surface area contributed by atoms with Crippen molar-refractivity contribution in [2.45, 2.75) is 0 Å². The molecule has 0 aliphatic rings. The van der Waals surface area contributed by atoms with Gasteiger partial charge in [-0.1, -0.05) is 72.8 Å². The zero-order valence-corrected chi connectivity index (χ0v) is 19.5. The van der Waals surface area contributed by atoms with E-state index >= 15 is 0 Å². The standard InChI is InChI=1S/C30H23N3O2/c1-34-25-18-17-22(19-26(25)35-2)29-31-24-16-10-9-15-23(24)30-32-27(20-11-5-3-6-12-20)28(33(29)30)21-13-7-4-8-14-21/h3-19H,1-2H3. The highest BCUT2D eigenvalue weighted by Gasteiger charge is 2.22. The summed E-state index contributed by atoms with van der Waals surface area (Å²) in [6.45, 7) is 0. The molecule has 0 aliphatic carbocycles. The van der Waals surface area contributed by atoms with Crippen LogP contribution in [-0.2, 0) is 0 Å². The lowest BCUT2D eigenvalue weighted by atomic mass is 10.0. The fourth-order valence-corrected chi connectivity index (χ4v) is 4.56. The number of para-hydroxylation sites is 1. The SMILES string of the molecule is COc1ccc(-c2nc3ccccc3c3nc(-c4ccccc4)c(-c4ccccc4)n23)cc1OC. The van der Waals surface area contributed by atoms with Gasteiger partial charge in [-0.25, -0.2) is 9.97 Å².